The molecule has 1 unspecified atom stereocenters. The molecule has 0 radical (unpaired) electrons. The van der Waals surface area contributed by atoms with Crippen LogP contribution < -0.4 is 5.32 Å². The SMILES string of the molecule is CC1(C(=O)O)CC[C@]2(C)CC[C@]3(C)C(=CC(=O)[C@@H]4[C@@]5(C)CC[C@H](NCCS[C@@H]6O[C@H](C(=O)O)[C@@H](O)[C@H](O)[C@H]6O)C(C)(C)[C@@H]5CC[C@]43C)[C@@H]2C1. The predicted octanol–water partition coefficient (Wildman–Crippen LogP) is 4.64. The van der Waals surface area contributed by atoms with Crippen LogP contribution in [0.2, 0.25) is 0 Å². The molecule has 1 heterocycles. The molecule has 1 aliphatic heterocycles. The molecule has 0 spiro atoms. The summed E-state index contributed by atoms with van der Waals surface area (Å²) in [6, 6.07) is 0.193. The summed E-state index contributed by atoms with van der Waals surface area (Å²) in [7, 11) is 0. The van der Waals surface area contributed by atoms with Gasteiger partial charge in [0.25, 0.3) is 0 Å². The number of aliphatic hydroxyl groups excluding tert-OH is 3. The number of ketones is 1. The van der Waals surface area contributed by atoms with Gasteiger partial charge in [-0.25, -0.2) is 4.79 Å². The Bertz CT molecular complexity index is 1400. The first kappa shape index (κ1) is 37.3. The molecule has 49 heavy (non-hydrogen) atoms. The third-order valence-corrected chi connectivity index (χ3v) is 16.9. The molecule has 0 aromatic rings. The number of carboxylic acid groups (broad SMARTS) is 2. The Kier molecular flexibility index (Phi) is 9.35. The second kappa shape index (κ2) is 12.3. The zero-order valence-corrected chi connectivity index (χ0v) is 31.1. The van der Waals surface area contributed by atoms with Crippen molar-refractivity contribution in [3.8, 4) is 0 Å². The summed E-state index contributed by atoms with van der Waals surface area (Å²) in [6.07, 6.45) is 3.77. The minimum atomic E-state index is -1.70. The number of fused-ring (bicyclic) bond motifs is 7. The molecule has 6 rings (SSSR count). The predicted molar refractivity (Wildman–Crippen MR) is 186 cm³/mol. The lowest BCUT2D eigenvalue weighted by Crippen LogP contribution is -2.67. The third-order valence-electron chi connectivity index (χ3n) is 15.7. The van der Waals surface area contributed by atoms with Gasteiger partial charge >= 0.3 is 11.9 Å². The molecule has 6 aliphatic rings. The first-order valence-corrected chi connectivity index (χ1v) is 19.5. The number of aliphatic hydroxyl groups is 3. The number of hydrogen-bond acceptors (Lipinski definition) is 9. The molecule has 0 bridgehead atoms. The molecule has 6 N–H and O–H groups in total. The zero-order valence-electron chi connectivity index (χ0n) is 30.3. The number of allylic oxidation sites excluding steroid dienone is 2. The number of nitrogens with one attached hydrogen (secondary N) is 1. The Balaban J connectivity index is 1.18. The number of hydrogen-bond donors (Lipinski definition) is 6. The molecule has 11 heteroatoms. The van der Waals surface area contributed by atoms with Crippen LogP contribution in [0.15, 0.2) is 11.6 Å². The van der Waals surface area contributed by atoms with E-state index in [-0.39, 0.29) is 50.7 Å². The molecule has 5 fully saturated rings. The number of carbonyl (C=O) groups excluding carboxylic acids is 1. The molecular formula is C38H59NO9S. The van der Waals surface area contributed by atoms with Crippen molar-refractivity contribution in [1.29, 1.82) is 0 Å². The average Bonchev–Trinajstić information content (AvgIpc) is 3.01. The minimum absolute atomic E-state index is 0.0229. The summed E-state index contributed by atoms with van der Waals surface area (Å²) in [5, 5.41) is 53.9. The maximum absolute atomic E-state index is 14.6. The largest absolute Gasteiger partial charge is 0.481 e. The van der Waals surface area contributed by atoms with Crippen LogP contribution in [-0.2, 0) is 19.1 Å². The standard InChI is InChI=1S/C38H59NO9S/c1-33(2)23-8-11-38(7)29(22(40)18-20-21-19-35(4,32(46)47)13-12-34(21,3)14-15-37(20,38)6)36(23,5)10-9-24(33)39-16-17-49-31-27(43)25(41)26(42)28(48-31)30(44)45/h18,21,23-29,31,39,41-43H,8-17,19H2,1-7H3,(H,44,45)(H,46,47)/t21-,23-,24-,25-,26-,27+,28-,29+,31-,34+,35?,36-,37+,38+/m0/s1. The van der Waals surface area contributed by atoms with Crippen molar-refractivity contribution >= 4 is 29.5 Å². The van der Waals surface area contributed by atoms with Gasteiger partial charge in [0.15, 0.2) is 11.9 Å². The first-order chi connectivity index (χ1) is 22.7. The Morgan fingerprint density at radius 2 is 1.57 bits per heavy atom. The zero-order chi connectivity index (χ0) is 36.1. The van der Waals surface area contributed by atoms with E-state index in [0.29, 0.717) is 31.1 Å². The number of rotatable bonds is 7. The molecular weight excluding hydrogens is 646 g/mol. The highest BCUT2D eigenvalue weighted by atomic mass is 32.2. The first-order valence-electron chi connectivity index (χ1n) is 18.4. The number of carboxylic acids is 2. The van der Waals surface area contributed by atoms with Gasteiger partial charge in [-0.15, -0.1) is 11.8 Å². The Morgan fingerprint density at radius 3 is 2.22 bits per heavy atom. The van der Waals surface area contributed by atoms with E-state index in [1.165, 1.54) is 17.3 Å². The summed E-state index contributed by atoms with van der Waals surface area (Å²) in [6.45, 7) is 16.6. The van der Waals surface area contributed by atoms with Crippen molar-refractivity contribution < 1.29 is 44.7 Å². The fourth-order valence-corrected chi connectivity index (χ4v) is 13.4. The van der Waals surface area contributed by atoms with Crippen molar-refractivity contribution in [3.05, 3.63) is 11.6 Å². The lowest BCUT2D eigenvalue weighted by Gasteiger charge is -2.70. The van der Waals surface area contributed by atoms with Gasteiger partial charge in [-0.2, -0.15) is 0 Å². The second-order valence-electron chi connectivity index (χ2n) is 18.5. The molecule has 10 nitrogen and oxygen atoms in total. The van der Waals surface area contributed by atoms with Crippen molar-refractivity contribution in [3.63, 3.8) is 0 Å². The van der Waals surface area contributed by atoms with Crippen LogP contribution in [0, 0.1) is 50.2 Å². The quantitative estimate of drug-likeness (QED) is 0.204. The highest BCUT2D eigenvalue weighted by Gasteiger charge is 2.70. The second-order valence-corrected chi connectivity index (χ2v) is 19.7. The fourth-order valence-electron chi connectivity index (χ4n) is 12.3. The van der Waals surface area contributed by atoms with Gasteiger partial charge in [0.1, 0.15) is 23.7 Å². The Hall–Kier alpha value is -1.50. The topological polar surface area (TPSA) is 174 Å². The van der Waals surface area contributed by atoms with Crippen molar-refractivity contribution in [2.75, 3.05) is 12.3 Å². The van der Waals surface area contributed by atoms with Gasteiger partial charge in [-0.3, -0.25) is 9.59 Å². The van der Waals surface area contributed by atoms with Crippen LogP contribution in [0.3, 0.4) is 0 Å². The molecule has 0 amide bonds. The summed E-state index contributed by atoms with van der Waals surface area (Å²) < 4.78 is 5.44. The summed E-state index contributed by atoms with van der Waals surface area (Å²) in [5.41, 5.74) is -1.15. The van der Waals surface area contributed by atoms with Gasteiger partial charge in [-0.1, -0.05) is 47.1 Å². The van der Waals surface area contributed by atoms with Gasteiger partial charge in [0.2, 0.25) is 0 Å². The van der Waals surface area contributed by atoms with E-state index < -0.39 is 47.2 Å². The molecule has 5 aliphatic carbocycles. The monoisotopic (exact) mass is 705 g/mol. The van der Waals surface area contributed by atoms with Crippen molar-refractivity contribution in [1.82, 2.24) is 5.32 Å². The van der Waals surface area contributed by atoms with Crippen LogP contribution in [0.4, 0.5) is 0 Å². The normalized spacial score (nSPS) is 50.6. The number of aliphatic carboxylic acids is 2. The number of ether oxygens (including phenoxy) is 1. The van der Waals surface area contributed by atoms with Crippen molar-refractivity contribution in [2.45, 2.75) is 142 Å². The van der Waals surface area contributed by atoms with Gasteiger partial charge in [0.05, 0.1) is 5.41 Å². The summed E-state index contributed by atoms with van der Waals surface area (Å²) >= 11 is 1.22. The maximum atomic E-state index is 14.6. The van der Waals surface area contributed by atoms with Crippen LogP contribution in [0.5, 0.6) is 0 Å². The minimum Gasteiger partial charge on any atom is -0.481 e. The number of carbonyl (C=O) groups is 3. The average molecular weight is 706 g/mol. The maximum Gasteiger partial charge on any atom is 0.335 e. The number of thioether (sulfide) groups is 1. The van der Waals surface area contributed by atoms with Crippen LogP contribution in [-0.4, -0.2) is 91.4 Å². The molecule has 1 saturated heterocycles. The van der Waals surface area contributed by atoms with E-state index in [9.17, 15) is 39.9 Å². The highest BCUT2D eigenvalue weighted by Crippen LogP contribution is 2.75. The van der Waals surface area contributed by atoms with E-state index in [4.69, 9.17) is 4.74 Å². The van der Waals surface area contributed by atoms with Crippen molar-refractivity contribution in [2.24, 2.45) is 50.2 Å². The lowest BCUT2D eigenvalue weighted by atomic mass is 9.33. The van der Waals surface area contributed by atoms with E-state index in [1.807, 2.05) is 13.0 Å². The Morgan fingerprint density at radius 1 is 0.898 bits per heavy atom. The molecule has 0 aromatic heterocycles. The molecule has 4 saturated carbocycles. The van der Waals surface area contributed by atoms with E-state index in [2.05, 4.69) is 46.9 Å². The van der Waals surface area contributed by atoms with Gasteiger partial charge in [0, 0.05) is 24.3 Å². The van der Waals surface area contributed by atoms with Crippen LogP contribution in [0.1, 0.15) is 106 Å². The summed E-state index contributed by atoms with van der Waals surface area (Å²) in [4.78, 5) is 38.6. The fraction of sp³-hybridized carbons (Fsp3) is 0.868. The third kappa shape index (κ3) is 5.49. The van der Waals surface area contributed by atoms with E-state index >= 15 is 0 Å². The Labute approximate surface area is 295 Å². The summed E-state index contributed by atoms with van der Waals surface area (Å²) in [5.74, 6) is -1.04. The lowest BCUT2D eigenvalue weighted by molar-refractivity contribution is -0.209. The van der Waals surface area contributed by atoms with E-state index in [0.717, 1.165) is 44.9 Å². The molecule has 14 atom stereocenters. The van der Waals surface area contributed by atoms with Crippen LogP contribution in [0.25, 0.3) is 0 Å². The van der Waals surface area contributed by atoms with Gasteiger partial charge in [-0.05, 0) is 110 Å². The van der Waals surface area contributed by atoms with E-state index in [1.54, 1.807) is 0 Å². The van der Waals surface area contributed by atoms with Gasteiger partial charge < -0.3 is 35.6 Å². The molecule has 0 aromatic carbocycles. The molecule has 276 valence electrons. The smallest absolute Gasteiger partial charge is 0.335 e. The highest BCUT2D eigenvalue weighted by molar-refractivity contribution is 7.99. The van der Waals surface area contributed by atoms with Crippen LogP contribution >= 0.6 is 11.8 Å².